The van der Waals surface area contributed by atoms with E-state index in [9.17, 15) is 14.9 Å². The van der Waals surface area contributed by atoms with Crippen molar-refractivity contribution >= 4 is 29.3 Å². The predicted molar refractivity (Wildman–Crippen MR) is 118 cm³/mol. The molecule has 0 atom stereocenters. The monoisotopic (exact) mass is 422 g/mol. The van der Waals surface area contributed by atoms with Gasteiger partial charge in [-0.15, -0.1) is 0 Å². The van der Waals surface area contributed by atoms with Gasteiger partial charge in [0.15, 0.2) is 0 Å². The van der Waals surface area contributed by atoms with E-state index in [0.29, 0.717) is 27.5 Å². The number of benzene rings is 1. The van der Waals surface area contributed by atoms with Gasteiger partial charge in [0.1, 0.15) is 11.1 Å². The Morgan fingerprint density at radius 2 is 1.87 bits per heavy atom. The maximum atomic E-state index is 12.6. The number of nitrogens with one attached hydrogen (secondary N) is 2. The number of carbonyl (C=O) groups excluding carboxylic acids is 2. The Morgan fingerprint density at radius 1 is 1.17 bits per heavy atom. The molecule has 1 aromatic carbocycles. The Morgan fingerprint density at radius 3 is 2.53 bits per heavy atom. The number of nitrogens with zero attached hydrogens (tertiary/aromatic N) is 2. The van der Waals surface area contributed by atoms with Crippen LogP contribution in [0.25, 0.3) is 0 Å². The number of amides is 2. The molecule has 1 aliphatic rings. The average Bonchev–Trinajstić information content (AvgIpc) is 3.01. The summed E-state index contributed by atoms with van der Waals surface area (Å²) in [5.41, 5.74) is 1.84. The first-order valence-electron chi connectivity index (χ1n) is 10.3. The van der Waals surface area contributed by atoms with Gasteiger partial charge in [-0.05, 0) is 38.0 Å². The van der Waals surface area contributed by atoms with Crippen LogP contribution in [-0.2, 0) is 4.79 Å². The molecule has 0 radical (unpaired) electrons. The van der Waals surface area contributed by atoms with Crippen LogP contribution in [0, 0.1) is 18.3 Å². The number of aryl methyl sites for hydroxylation is 1. The highest BCUT2D eigenvalue weighted by Crippen LogP contribution is 2.24. The normalized spacial score (nSPS) is 14.4. The van der Waals surface area contributed by atoms with Gasteiger partial charge in [0.25, 0.3) is 5.91 Å². The molecule has 1 aliphatic carbocycles. The first-order valence-corrected chi connectivity index (χ1v) is 11.3. The van der Waals surface area contributed by atoms with Gasteiger partial charge in [0.05, 0.1) is 22.6 Å². The van der Waals surface area contributed by atoms with E-state index in [4.69, 9.17) is 0 Å². The number of nitriles is 1. The number of carbonyl (C=O) groups is 2. The molecule has 0 aliphatic heterocycles. The maximum absolute atomic E-state index is 12.6. The van der Waals surface area contributed by atoms with Crippen LogP contribution in [0.3, 0.4) is 0 Å². The molecule has 1 aromatic heterocycles. The summed E-state index contributed by atoms with van der Waals surface area (Å²) in [7, 11) is 0. The minimum absolute atomic E-state index is 0.0406. The molecule has 6 nitrogen and oxygen atoms in total. The number of rotatable bonds is 6. The number of thioether (sulfide) groups is 1. The van der Waals surface area contributed by atoms with Gasteiger partial charge in [-0.1, -0.05) is 55.6 Å². The van der Waals surface area contributed by atoms with E-state index < -0.39 is 0 Å². The second-order valence-electron chi connectivity index (χ2n) is 7.45. The lowest BCUT2D eigenvalue weighted by Gasteiger charge is -2.16. The van der Waals surface area contributed by atoms with E-state index >= 15 is 0 Å². The van der Waals surface area contributed by atoms with E-state index in [1.165, 1.54) is 24.6 Å². The molecule has 156 valence electrons. The van der Waals surface area contributed by atoms with Crippen molar-refractivity contribution in [3.05, 3.63) is 53.2 Å². The third-order valence-electron chi connectivity index (χ3n) is 5.14. The quantitative estimate of drug-likeness (QED) is 0.530. The second-order valence-corrected chi connectivity index (χ2v) is 8.41. The van der Waals surface area contributed by atoms with Crippen LogP contribution in [0.2, 0.25) is 0 Å². The smallest absolute Gasteiger partial charge is 0.257 e. The number of pyridine rings is 1. The summed E-state index contributed by atoms with van der Waals surface area (Å²) < 4.78 is 0. The van der Waals surface area contributed by atoms with Gasteiger partial charge in [-0.3, -0.25) is 9.59 Å². The lowest BCUT2D eigenvalue weighted by Crippen LogP contribution is -2.35. The van der Waals surface area contributed by atoms with Crippen molar-refractivity contribution in [3.8, 4) is 6.07 Å². The molecule has 2 N–H and O–H groups in total. The number of anilines is 1. The summed E-state index contributed by atoms with van der Waals surface area (Å²) in [6.45, 7) is 1.73. The molecule has 0 saturated heterocycles. The molecule has 1 saturated carbocycles. The maximum Gasteiger partial charge on any atom is 0.257 e. The van der Waals surface area contributed by atoms with Crippen LogP contribution in [0.4, 0.5) is 5.69 Å². The lowest BCUT2D eigenvalue weighted by molar-refractivity contribution is -0.119. The topological polar surface area (TPSA) is 94.9 Å². The van der Waals surface area contributed by atoms with E-state index in [2.05, 4.69) is 21.7 Å². The molecule has 0 unspecified atom stereocenters. The number of para-hydroxylation sites is 1. The second kappa shape index (κ2) is 10.8. The highest BCUT2D eigenvalue weighted by atomic mass is 32.2. The predicted octanol–water partition coefficient (Wildman–Crippen LogP) is 4.45. The van der Waals surface area contributed by atoms with Gasteiger partial charge in [-0.25, -0.2) is 4.98 Å². The molecule has 3 rings (SSSR count). The molecule has 1 heterocycles. The van der Waals surface area contributed by atoms with Gasteiger partial charge in [0.2, 0.25) is 5.91 Å². The standard InChI is InChI=1S/C23H26N4O2S/c1-16-20(22(29)27-19-11-7-4-8-12-19)13-17(14-24)23(25-16)30-15-21(28)26-18-9-5-2-3-6-10-18/h4,7-8,11-13,18H,2-3,5-6,9-10,15H2,1H3,(H,26,28)(H,27,29). The Balaban J connectivity index is 1.64. The fourth-order valence-electron chi connectivity index (χ4n) is 3.55. The van der Waals surface area contributed by atoms with Crippen molar-refractivity contribution in [2.24, 2.45) is 0 Å². The van der Waals surface area contributed by atoms with Gasteiger partial charge < -0.3 is 10.6 Å². The number of hydrogen-bond acceptors (Lipinski definition) is 5. The van der Waals surface area contributed by atoms with Crippen LogP contribution in [-0.4, -0.2) is 28.6 Å². The average molecular weight is 423 g/mol. The van der Waals surface area contributed by atoms with Crippen LogP contribution in [0.5, 0.6) is 0 Å². The van der Waals surface area contributed by atoms with Crippen molar-refractivity contribution in [3.63, 3.8) is 0 Å². The minimum atomic E-state index is -0.314. The summed E-state index contributed by atoms with van der Waals surface area (Å²) in [4.78, 5) is 29.4. The van der Waals surface area contributed by atoms with Crippen molar-refractivity contribution in [2.45, 2.75) is 56.5 Å². The lowest BCUT2D eigenvalue weighted by atomic mass is 10.1. The van der Waals surface area contributed by atoms with Crippen molar-refractivity contribution < 1.29 is 9.59 Å². The minimum Gasteiger partial charge on any atom is -0.353 e. The van der Waals surface area contributed by atoms with Crippen molar-refractivity contribution in [1.82, 2.24) is 10.3 Å². The van der Waals surface area contributed by atoms with Gasteiger partial charge >= 0.3 is 0 Å². The van der Waals surface area contributed by atoms with Gasteiger partial charge in [-0.2, -0.15) is 5.26 Å². The SMILES string of the molecule is Cc1nc(SCC(=O)NC2CCCCCC2)c(C#N)cc1C(=O)Nc1ccccc1. The molecule has 1 fully saturated rings. The zero-order valence-corrected chi connectivity index (χ0v) is 17.9. The van der Waals surface area contributed by atoms with Crippen LogP contribution in [0.1, 0.15) is 60.1 Å². The van der Waals surface area contributed by atoms with Crippen LogP contribution >= 0.6 is 11.8 Å². The number of aromatic nitrogens is 1. The molecule has 0 spiro atoms. The number of hydrogen-bond donors (Lipinski definition) is 2. The fourth-order valence-corrected chi connectivity index (χ4v) is 4.36. The summed E-state index contributed by atoms with van der Waals surface area (Å²) in [6.07, 6.45) is 6.85. The third-order valence-corrected chi connectivity index (χ3v) is 6.13. The Kier molecular flexibility index (Phi) is 7.86. The zero-order chi connectivity index (χ0) is 21.3. The molecule has 2 aromatic rings. The van der Waals surface area contributed by atoms with E-state index in [0.717, 1.165) is 25.7 Å². The fraction of sp³-hybridized carbons (Fsp3) is 0.391. The third kappa shape index (κ3) is 6.07. The molecule has 7 heteroatoms. The first kappa shape index (κ1) is 21.8. The molecule has 30 heavy (non-hydrogen) atoms. The summed E-state index contributed by atoms with van der Waals surface area (Å²) >= 11 is 1.23. The highest BCUT2D eigenvalue weighted by molar-refractivity contribution is 8.00. The Bertz CT molecular complexity index is 932. The largest absolute Gasteiger partial charge is 0.353 e. The molecular weight excluding hydrogens is 396 g/mol. The van der Waals surface area contributed by atoms with E-state index in [1.54, 1.807) is 25.1 Å². The van der Waals surface area contributed by atoms with Crippen LogP contribution in [0.15, 0.2) is 41.4 Å². The highest BCUT2D eigenvalue weighted by Gasteiger charge is 2.18. The van der Waals surface area contributed by atoms with E-state index in [1.807, 2.05) is 18.2 Å². The summed E-state index contributed by atoms with van der Waals surface area (Å²) in [5.74, 6) is -0.154. The summed E-state index contributed by atoms with van der Waals surface area (Å²) in [5, 5.41) is 15.9. The van der Waals surface area contributed by atoms with Crippen molar-refractivity contribution in [1.29, 1.82) is 5.26 Å². The summed E-state index contributed by atoms with van der Waals surface area (Å²) in [6, 6.07) is 13.0. The Labute approximate surface area is 181 Å². The first-order chi connectivity index (χ1) is 14.6. The Hall–Kier alpha value is -2.85. The van der Waals surface area contributed by atoms with E-state index in [-0.39, 0.29) is 23.6 Å². The molecule has 0 bridgehead atoms. The van der Waals surface area contributed by atoms with Crippen LogP contribution < -0.4 is 10.6 Å². The van der Waals surface area contributed by atoms with Crippen molar-refractivity contribution in [2.75, 3.05) is 11.1 Å². The molecular formula is C23H26N4O2S. The van der Waals surface area contributed by atoms with Gasteiger partial charge in [0, 0.05) is 11.7 Å². The zero-order valence-electron chi connectivity index (χ0n) is 17.1. The molecule has 2 amide bonds.